The molecule has 0 spiro atoms. The van der Waals surface area contributed by atoms with E-state index in [1.54, 1.807) is 0 Å². The summed E-state index contributed by atoms with van der Waals surface area (Å²) in [6.07, 6.45) is 2.88. The summed E-state index contributed by atoms with van der Waals surface area (Å²) < 4.78 is 22.8. The number of methoxy groups -OCH3 is 4. The van der Waals surface area contributed by atoms with Crippen LogP contribution in [0.2, 0.25) is 0 Å². The van der Waals surface area contributed by atoms with Gasteiger partial charge < -0.3 is 48.5 Å². The fourth-order valence-corrected chi connectivity index (χ4v) is 4.50. The van der Waals surface area contributed by atoms with Crippen LogP contribution in [0.5, 0.6) is 34.5 Å². The summed E-state index contributed by atoms with van der Waals surface area (Å²) in [7, 11) is 5.63. The van der Waals surface area contributed by atoms with Crippen LogP contribution in [0.3, 0.4) is 0 Å². The molecule has 0 bridgehead atoms. The summed E-state index contributed by atoms with van der Waals surface area (Å²) in [4.78, 5) is 47.0. The first-order chi connectivity index (χ1) is 20.9. The third-order valence-corrected chi connectivity index (χ3v) is 6.50. The van der Waals surface area contributed by atoms with E-state index in [1.165, 1.54) is 64.9 Å². The topological polar surface area (TPSA) is 202 Å². The van der Waals surface area contributed by atoms with Crippen molar-refractivity contribution in [2.75, 3.05) is 28.4 Å². The van der Waals surface area contributed by atoms with E-state index in [0.29, 0.717) is 11.5 Å². The third-order valence-electron chi connectivity index (χ3n) is 6.50. The van der Waals surface area contributed by atoms with Gasteiger partial charge in [0.2, 0.25) is 0 Å². The summed E-state index contributed by atoms with van der Waals surface area (Å²) >= 11 is 0. The van der Waals surface area contributed by atoms with Gasteiger partial charge in [0, 0.05) is 25.2 Å². The molecule has 46 heavy (non-hydrogen) atoms. The van der Waals surface area contributed by atoms with E-state index >= 15 is 0 Å². The Morgan fingerprint density at radius 1 is 0.674 bits per heavy atom. The second kappa shape index (κ2) is 17.1. The molecule has 16 heteroatoms. The van der Waals surface area contributed by atoms with Crippen LogP contribution in [0.25, 0.3) is 21.8 Å². The fourth-order valence-electron chi connectivity index (χ4n) is 4.50. The van der Waals surface area contributed by atoms with Crippen molar-refractivity contribution < 1.29 is 108 Å². The van der Waals surface area contributed by atoms with Gasteiger partial charge in [0.15, 0.2) is 23.0 Å². The second-order valence-electron chi connectivity index (χ2n) is 8.88. The van der Waals surface area contributed by atoms with E-state index in [2.05, 4.69) is 13.2 Å². The molecule has 0 radical (unpaired) electrons. The van der Waals surface area contributed by atoms with Crippen LogP contribution in [0.4, 0.5) is 0 Å². The van der Waals surface area contributed by atoms with Crippen LogP contribution in [-0.4, -0.2) is 59.7 Å². The van der Waals surface area contributed by atoms with Gasteiger partial charge >= 0.3 is 71.1 Å². The number of hydrogen-bond acceptors (Lipinski definition) is 10. The fraction of sp³-hybridized carbons (Fsp3) is 0.200. The number of benzene rings is 2. The van der Waals surface area contributed by atoms with E-state index < -0.39 is 45.7 Å². The number of allylic oxidation sites excluding steroid dienone is 2. The maximum absolute atomic E-state index is 12.3. The number of aromatic nitrogens is 2. The normalized spacial score (nSPS) is 10.0. The van der Waals surface area contributed by atoms with Crippen LogP contribution >= 0.6 is 0 Å². The molecule has 232 valence electrons. The van der Waals surface area contributed by atoms with Gasteiger partial charge in [-0.3, -0.25) is 9.59 Å². The van der Waals surface area contributed by atoms with Crippen LogP contribution in [-0.2, 0) is 13.1 Å². The number of carboxylic acid groups (broad SMARTS) is 2. The van der Waals surface area contributed by atoms with E-state index in [4.69, 9.17) is 29.2 Å². The van der Waals surface area contributed by atoms with Crippen molar-refractivity contribution in [3.8, 4) is 34.5 Å². The third kappa shape index (κ3) is 7.54. The standard InChI is InChI=1S/2C15H15NO6.2Na/c2*1-4-5-16-9-7-11(22-3)10(21-2)6-8(9)13(17)12(14(16)18)15(19)20;;/h2*4,6-7,17H,1,5H2,2-3H3,(H,19,20);;/q;;2*+1/p-2. The van der Waals surface area contributed by atoms with Crippen LogP contribution in [0.15, 0.2) is 59.2 Å². The molecule has 14 nitrogen and oxygen atoms in total. The van der Waals surface area contributed by atoms with Gasteiger partial charge in [0.1, 0.15) is 11.1 Å². The van der Waals surface area contributed by atoms with Crippen molar-refractivity contribution >= 4 is 33.7 Å². The number of pyridine rings is 2. The Morgan fingerprint density at radius 2 is 0.957 bits per heavy atom. The number of aromatic carboxylic acids is 2. The number of fused-ring (bicyclic) bond motifs is 2. The molecule has 0 aliphatic rings. The number of rotatable bonds is 10. The SMILES string of the molecule is C=CCn1c(=O)c(C(=O)O)c([O-])c2cc(OC)c(OC)cc21.C=CCn1c(=O)c(C(=O)O)c([O-])c2cc(OC)c(OC)cc21.[Na+].[Na+]. The largest absolute Gasteiger partial charge is 1.00 e. The summed E-state index contributed by atoms with van der Waals surface area (Å²) in [6.45, 7) is 7.19. The first-order valence-corrected chi connectivity index (χ1v) is 12.6. The molecule has 0 aliphatic carbocycles. The van der Waals surface area contributed by atoms with Crippen molar-refractivity contribution in [1.82, 2.24) is 9.13 Å². The minimum atomic E-state index is -1.57. The van der Waals surface area contributed by atoms with Gasteiger partial charge in [-0.05, 0) is 22.9 Å². The number of carbonyl (C=O) groups is 2. The van der Waals surface area contributed by atoms with Crippen LogP contribution in [0, 0.1) is 0 Å². The molecular formula is C30H28N2Na2O12. The Bertz CT molecular complexity index is 1790. The number of hydrogen-bond donors (Lipinski definition) is 2. The van der Waals surface area contributed by atoms with Crippen molar-refractivity contribution in [2.24, 2.45) is 0 Å². The Labute approximate surface area is 306 Å². The van der Waals surface area contributed by atoms with Crippen molar-refractivity contribution in [3.63, 3.8) is 0 Å². The maximum Gasteiger partial charge on any atom is 1.00 e. The molecular weight excluding hydrogens is 626 g/mol. The van der Waals surface area contributed by atoms with Gasteiger partial charge in [-0.2, -0.15) is 0 Å². The average molecular weight is 655 g/mol. The van der Waals surface area contributed by atoms with Crippen molar-refractivity contribution in [1.29, 1.82) is 0 Å². The molecule has 2 aromatic carbocycles. The summed E-state index contributed by atoms with van der Waals surface area (Å²) in [5.74, 6) is -3.64. The Kier molecular flexibility index (Phi) is 14.9. The van der Waals surface area contributed by atoms with Crippen molar-refractivity contribution in [3.05, 3.63) is 81.4 Å². The average Bonchev–Trinajstić information content (AvgIpc) is 3.00. The molecule has 0 saturated heterocycles. The first-order valence-electron chi connectivity index (χ1n) is 12.6. The minimum Gasteiger partial charge on any atom is -0.871 e. The zero-order valence-corrected chi connectivity index (χ0v) is 30.2. The summed E-state index contributed by atoms with van der Waals surface area (Å²) in [5, 5.41) is 43.0. The molecule has 0 aliphatic heterocycles. The van der Waals surface area contributed by atoms with E-state index in [-0.39, 0.29) is 106 Å². The molecule has 2 N–H and O–H groups in total. The minimum absolute atomic E-state index is 0. The second-order valence-corrected chi connectivity index (χ2v) is 8.88. The number of nitrogens with zero attached hydrogens (tertiary/aromatic N) is 2. The molecule has 0 atom stereocenters. The van der Waals surface area contributed by atoms with Crippen molar-refractivity contribution in [2.45, 2.75) is 13.1 Å². The number of ether oxygens (including phenoxy) is 4. The monoisotopic (exact) mass is 654 g/mol. The zero-order chi connectivity index (χ0) is 32.9. The number of carboxylic acids is 2. The molecule has 4 aromatic rings. The Morgan fingerprint density at radius 3 is 1.20 bits per heavy atom. The van der Waals surface area contributed by atoms with Crippen LogP contribution in [0.1, 0.15) is 20.7 Å². The molecule has 0 saturated carbocycles. The van der Waals surface area contributed by atoms with E-state index in [1.807, 2.05) is 0 Å². The summed E-state index contributed by atoms with van der Waals surface area (Å²) in [6, 6.07) is 5.65. The quantitative estimate of drug-likeness (QED) is 0.124. The predicted molar refractivity (Wildman–Crippen MR) is 156 cm³/mol. The maximum atomic E-state index is 12.3. The molecule has 2 aromatic heterocycles. The van der Waals surface area contributed by atoms with E-state index in [0.717, 1.165) is 9.13 Å². The Balaban J connectivity index is 0.000000441. The zero-order valence-electron chi connectivity index (χ0n) is 26.2. The Hall–Kier alpha value is -3.92. The summed E-state index contributed by atoms with van der Waals surface area (Å²) in [5.41, 5.74) is -2.84. The van der Waals surface area contributed by atoms with E-state index in [9.17, 15) is 29.4 Å². The molecule has 0 unspecified atom stereocenters. The van der Waals surface area contributed by atoms with Gasteiger partial charge in [-0.1, -0.05) is 23.7 Å². The molecule has 2 heterocycles. The van der Waals surface area contributed by atoms with Gasteiger partial charge in [0.05, 0.1) is 39.5 Å². The predicted octanol–water partition coefficient (Wildman–Crippen LogP) is -4.04. The molecule has 0 amide bonds. The van der Waals surface area contributed by atoms with Gasteiger partial charge in [-0.15, -0.1) is 13.2 Å². The van der Waals surface area contributed by atoms with Crippen LogP contribution < -0.4 is 99.4 Å². The smallest absolute Gasteiger partial charge is 0.871 e. The molecule has 0 fully saturated rings. The molecule has 4 rings (SSSR count). The first kappa shape index (κ1) is 40.1. The van der Waals surface area contributed by atoms with Gasteiger partial charge in [0.25, 0.3) is 11.1 Å². The van der Waals surface area contributed by atoms with Gasteiger partial charge in [-0.25, -0.2) is 9.59 Å².